The van der Waals surface area contributed by atoms with E-state index in [1.165, 1.54) is 0 Å². The lowest BCUT2D eigenvalue weighted by molar-refractivity contribution is 0.222. The zero-order valence-electron chi connectivity index (χ0n) is 7.02. The molecule has 1 N–H and O–H groups in total. The first-order valence-corrected chi connectivity index (χ1v) is 4.72. The van der Waals surface area contributed by atoms with Crippen molar-refractivity contribution in [3.63, 3.8) is 0 Å². The highest BCUT2D eigenvalue weighted by atomic mass is 32.1. The van der Waals surface area contributed by atoms with Gasteiger partial charge in [-0.15, -0.1) is 0 Å². The Bertz CT molecular complexity index is 408. The highest BCUT2D eigenvalue weighted by molar-refractivity contribution is 7.08. The second kappa shape index (κ2) is 3.27. The molecule has 68 valence electrons. The van der Waals surface area contributed by atoms with Crippen molar-refractivity contribution >= 4 is 11.3 Å². The molecule has 0 aromatic carbocycles. The van der Waals surface area contributed by atoms with E-state index in [-0.39, 0.29) is 12.5 Å². The molecule has 0 amide bonds. The summed E-state index contributed by atoms with van der Waals surface area (Å²) in [5, 5.41) is 16.5. The van der Waals surface area contributed by atoms with Crippen molar-refractivity contribution in [3.05, 3.63) is 22.2 Å². The molecule has 0 saturated heterocycles. The Morgan fingerprint density at radius 3 is 2.92 bits per heavy atom. The van der Waals surface area contributed by atoms with Crippen LogP contribution in [0.2, 0.25) is 0 Å². The fourth-order valence-corrected chi connectivity index (χ4v) is 1.84. The van der Waals surface area contributed by atoms with Crippen LogP contribution < -0.4 is 0 Å². The zero-order valence-corrected chi connectivity index (χ0v) is 7.84. The molecule has 2 heterocycles. The van der Waals surface area contributed by atoms with Gasteiger partial charge in [-0.3, -0.25) is 0 Å². The third-order valence-electron chi connectivity index (χ3n) is 1.70. The molecule has 2 rings (SSSR count). The molecule has 5 heteroatoms. The third kappa shape index (κ3) is 1.48. The van der Waals surface area contributed by atoms with Crippen molar-refractivity contribution in [3.8, 4) is 11.4 Å². The standard InChI is InChI=1S/C8H8N2O2S/c1-5-3-13-4-6(5)8-9-7(2-11)12-10-8/h3-4,11H,2H2,1H3. The summed E-state index contributed by atoms with van der Waals surface area (Å²) in [5.41, 5.74) is 2.09. The zero-order chi connectivity index (χ0) is 9.26. The molecule has 0 radical (unpaired) electrons. The van der Waals surface area contributed by atoms with Crippen molar-refractivity contribution in [2.75, 3.05) is 0 Å². The van der Waals surface area contributed by atoms with Crippen LogP contribution in [0.15, 0.2) is 15.3 Å². The molecule has 0 fully saturated rings. The number of rotatable bonds is 2. The van der Waals surface area contributed by atoms with Crippen LogP contribution in [-0.2, 0) is 6.61 Å². The normalized spacial score (nSPS) is 10.6. The summed E-state index contributed by atoms with van der Waals surface area (Å²) in [6.07, 6.45) is 0. The minimum absolute atomic E-state index is 0.212. The number of aliphatic hydroxyl groups is 1. The number of aromatic nitrogens is 2. The second-order valence-corrected chi connectivity index (χ2v) is 3.38. The lowest BCUT2D eigenvalue weighted by Crippen LogP contribution is -1.83. The molecule has 0 spiro atoms. The van der Waals surface area contributed by atoms with E-state index < -0.39 is 0 Å². The van der Waals surface area contributed by atoms with E-state index in [9.17, 15) is 0 Å². The number of nitrogens with zero attached hydrogens (tertiary/aromatic N) is 2. The largest absolute Gasteiger partial charge is 0.387 e. The summed E-state index contributed by atoms with van der Waals surface area (Å²) in [4.78, 5) is 4.01. The number of hydrogen-bond acceptors (Lipinski definition) is 5. The van der Waals surface area contributed by atoms with Gasteiger partial charge in [0.05, 0.1) is 0 Å². The first-order valence-electron chi connectivity index (χ1n) is 3.78. The van der Waals surface area contributed by atoms with Gasteiger partial charge < -0.3 is 9.63 Å². The molecule has 0 atom stereocenters. The van der Waals surface area contributed by atoms with Crippen LogP contribution in [0.5, 0.6) is 0 Å². The number of aryl methyl sites for hydroxylation is 1. The molecule has 2 aromatic heterocycles. The molecule has 2 aromatic rings. The first-order chi connectivity index (χ1) is 6.31. The Hall–Kier alpha value is -1.20. The van der Waals surface area contributed by atoms with E-state index in [0.29, 0.717) is 5.82 Å². The van der Waals surface area contributed by atoms with Crippen molar-refractivity contribution < 1.29 is 9.63 Å². The molecule has 0 bridgehead atoms. The monoisotopic (exact) mass is 196 g/mol. The maximum atomic E-state index is 8.72. The molecule has 13 heavy (non-hydrogen) atoms. The molecule has 0 aliphatic rings. The average Bonchev–Trinajstić information content (AvgIpc) is 2.71. The molecular formula is C8H8N2O2S. The number of aliphatic hydroxyl groups excluding tert-OH is 1. The summed E-state index contributed by atoms with van der Waals surface area (Å²) in [6, 6.07) is 0. The van der Waals surface area contributed by atoms with Gasteiger partial charge in [0.1, 0.15) is 6.61 Å². The van der Waals surface area contributed by atoms with E-state index in [1.807, 2.05) is 17.7 Å². The minimum Gasteiger partial charge on any atom is -0.387 e. The van der Waals surface area contributed by atoms with Crippen LogP contribution in [0.4, 0.5) is 0 Å². The van der Waals surface area contributed by atoms with Gasteiger partial charge in [0.15, 0.2) is 0 Å². The average molecular weight is 196 g/mol. The third-order valence-corrected chi connectivity index (χ3v) is 2.56. The van der Waals surface area contributed by atoms with Gasteiger partial charge in [-0.05, 0) is 17.9 Å². The molecule has 0 unspecified atom stereocenters. The fraction of sp³-hybridized carbons (Fsp3) is 0.250. The Morgan fingerprint density at radius 1 is 1.54 bits per heavy atom. The molecule has 0 aliphatic heterocycles. The van der Waals surface area contributed by atoms with Crippen LogP contribution in [0.3, 0.4) is 0 Å². The lowest BCUT2D eigenvalue weighted by atomic mass is 10.2. The van der Waals surface area contributed by atoms with Crippen LogP contribution >= 0.6 is 11.3 Å². The molecule has 0 aliphatic carbocycles. The SMILES string of the molecule is Cc1cscc1-c1noc(CO)n1. The molecule has 0 saturated carbocycles. The summed E-state index contributed by atoms with van der Waals surface area (Å²) in [6.45, 7) is 1.77. The summed E-state index contributed by atoms with van der Waals surface area (Å²) < 4.78 is 4.79. The maximum Gasteiger partial charge on any atom is 0.252 e. The smallest absolute Gasteiger partial charge is 0.252 e. The van der Waals surface area contributed by atoms with Gasteiger partial charge >= 0.3 is 0 Å². The van der Waals surface area contributed by atoms with Gasteiger partial charge in [-0.25, -0.2) is 0 Å². The van der Waals surface area contributed by atoms with Gasteiger partial charge in [0.25, 0.3) is 5.89 Å². The van der Waals surface area contributed by atoms with Crippen molar-refractivity contribution in [1.82, 2.24) is 10.1 Å². The van der Waals surface area contributed by atoms with Crippen molar-refractivity contribution in [1.29, 1.82) is 0 Å². The predicted octanol–water partition coefficient (Wildman–Crippen LogP) is 1.60. The van der Waals surface area contributed by atoms with Gasteiger partial charge in [-0.1, -0.05) is 5.16 Å². The molecular weight excluding hydrogens is 188 g/mol. The predicted molar refractivity (Wildman–Crippen MR) is 48.3 cm³/mol. The fourth-order valence-electron chi connectivity index (χ4n) is 1.02. The van der Waals surface area contributed by atoms with E-state index >= 15 is 0 Å². The molecule has 4 nitrogen and oxygen atoms in total. The quantitative estimate of drug-likeness (QED) is 0.792. The Kier molecular flexibility index (Phi) is 2.12. The Morgan fingerprint density at radius 2 is 2.38 bits per heavy atom. The van der Waals surface area contributed by atoms with Gasteiger partial charge in [-0.2, -0.15) is 16.3 Å². The van der Waals surface area contributed by atoms with Crippen LogP contribution in [-0.4, -0.2) is 15.2 Å². The summed E-state index contributed by atoms with van der Waals surface area (Å²) in [7, 11) is 0. The van der Waals surface area contributed by atoms with E-state index in [2.05, 4.69) is 10.1 Å². The van der Waals surface area contributed by atoms with E-state index in [4.69, 9.17) is 9.63 Å². The maximum absolute atomic E-state index is 8.72. The lowest BCUT2D eigenvalue weighted by Gasteiger charge is -1.88. The topological polar surface area (TPSA) is 59.2 Å². The van der Waals surface area contributed by atoms with Gasteiger partial charge in [0.2, 0.25) is 5.82 Å². The van der Waals surface area contributed by atoms with Crippen molar-refractivity contribution in [2.24, 2.45) is 0 Å². The number of hydrogen-bond donors (Lipinski definition) is 1. The highest BCUT2D eigenvalue weighted by Crippen LogP contribution is 2.23. The summed E-state index contributed by atoms with van der Waals surface area (Å²) in [5.74, 6) is 0.795. The second-order valence-electron chi connectivity index (χ2n) is 2.64. The van der Waals surface area contributed by atoms with Crippen molar-refractivity contribution in [2.45, 2.75) is 13.5 Å². The van der Waals surface area contributed by atoms with Crippen LogP contribution in [0.1, 0.15) is 11.5 Å². The van der Waals surface area contributed by atoms with E-state index in [0.717, 1.165) is 11.1 Å². The Balaban J connectivity index is 2.41. The van der Waals surface area contributed by atoms with Crippen LogP contribution in [0.25, 0.3) is 11.4 Å². The number of thiophene rings is 1. The van der Waals surface area contributed by atoms with Crippen LogP contribution in [0, 0.1) is 6.92 Å². The first kappa shape index (κ1) is 8.40. The minimum atomic E-state index is -0.212. The van der Waals surface area contributed by atoms with Gasteiger partial charge in [0, 0.05) is 10.9 Å². The highest BCUT2D eigenvalue weighted by Gasteiger charge is 2.10. The Labute approximate surface area is 78.8 Å². The summed E-state index contributed by atoms with van der Waals surface area (Å²) >= 11 is 1.59. The van der Waals surface area contributed by atoms with E-state index in [1.54, 1.807) is 11.3 Å².